The maximum absolute atomic E-state index is 12.2. The van der Waals surface area contributed by atoms with Crippen LogP contribution in [0.2, 0.25) is 0 Å². The summed E-state index contributed by atoms with van der Waals surface area (Å²) in [6.07, 6.45) is 0. The van der Waals surface area contributed by atoms with Crippen LogP contribution in [0.4, 0.5) is 5.69 Å². The normalized spacial score (nSPS) is 12.4. The van der Waals surface area contributed by atoms with Crippen molar-refractivity contribution >= 4 is 21.6 Å². The van der Waals surface area contributed by atoms with Gasteiger partial charge in [0.05, 0.1) is 0 Å². The van der Waals surface area contributed by atoms with Gasteiger partial charge in [0.15, 0.2) is 5.76 Å². The van der Waals surface area contributed by atoms with E-state index in [0.29, 0.717) is 11.6 Å². The summed E-state index contributed by atoms with van der Waals surface area (Å²) in [6.45, 7) is 9.35. The summed E-state index contributed by atoms with van der Waals surface area (Å²) in [7, 11) is -3.82. The minimum absolute atomic E-state index is 0.0674. The highest BCUT2D eigenvalue weighted by Gasteiger charge is 2.26. The molecule has 0 unspecified atom stereocenters. The van der Waals surface area contributed by atoms with Crippen molar-refractivity contribution in [3.63, 3.8) is 0 Å². The molecule has 0 radical (unpaired) electrons. The van der Waals surface area contributed by atoms with Crippen LogP contribution in [-0.2, 0) is 10.0 Å². The molecule has 136 valence electrons. The third-order valence-corrected chi connectivity index (χ3v) is 4.98. The molecule has 7 heteroatoms. The van der Waals surface area contributed by atoms with Gasteiger partial charge in [0.1, 0.15) is 0 Å². The molecule has 1 aromatic carbocycles. The summed E-state index contributed by atoms with van der Waals surface area (Å²) in [5, 5.41) is 2.40. The monoisotopic (exact) mass is 364 g/mol. The number of sulfonamides is 1. The van der Waals surface area contributed by atoms with Crippen LogP contribution in [0, 0.1) is 0 Å². The lowest BCUT2D eigenvalue weighted by Gasteiger charge is -2.18. The van der Waals surface area contributed by atoms with Gasteiger partial charge in [-0.15, -0.1) is 0 Å². The fourth-order valence-corrected chi connectivity index (χ4v) is 3.54. The predicted octanol–water partition coefficient (Wildman–Crippen LogP) is 3.73. The smallest absolute Gasteiger partial charge is 0.291 e. The van der Waals surface area contributed by atoms with Gasteiger partial charge in [-0.1, -0.05) is 26.0 Å². The highest BCUT2D eigenvalue weighted by molar-refractivity contribution is 7.89. The lowest BCUT2D eigenvalue weighted by Crippen LogP contribution is -2.40. The van der Waals surface area contributed by atoms with Crippen molar-refractivity contribution in [1.82, 2.24) is 4.72 Å². The van der Waals surface area contributed by atoms with Gasteiger partial charge in [-0.25, -0.2) is 13.1 Å². The lowest BCUT2D eigenvalue weighted by atomic mass is 10.0. The molecule has 2 N–H and O–H groups in total. The Kier molecular flexibility index (Phi) is 5.39. The van der Waals surface area contributed by atoms with E-state index in [0.717, 1.165) is 5.56 Å². The van der Waals surface area contributed by atoms with Crippen molar-refractivity contribution < 1.29 is 17.6 Å². The van der Waals surface area contributed by atoms with Crippen molar-refractivity contribution in [2.24, 2.45) is 0 Å². The van der Waals surface area contributed by atoms with Crippen LogP contribution < -0.4 is 10.0 Å². The molecule has 0 aliphatic heterocycles. The molecule has 2 rings (SSSR count). The fraction of sp³-hybridized carbons (Fsp3) is 0.389. The Morgan fingerprint density at radius 1 is 1.04 bits per heavy atom. The number of hydrogen-bond acceptors (Lipinski definition) is 4. The molecule has 0 atom stereocenters. The van der Waals surface area contributed by atoms with E-state index in [2.05, 4.69) is 23.9 Å². The first kappa shape index (κ1) is 19.2. The van der Waals surface area contributed by atoms with E-state index in [1.54, 1.807) is 32.9 Å². The van der Waals surface area contributed by atoms with E-state index in [-0.39, 0.29) is 10.9 Å². The van der Waals surface area contributed by atoms with Crippen LogP contribution in [0.5, 0.6) is 0 Å². The summed E-state index contributed by atoms with van der Waals surface area (Å²) >= 11 is 0. The third-order valence-electron chi connectivity index (χ3n) is 3.35. The molecule has 0 aliphatic carbocycles. The number of carbonyl (C=O) groups excluding carboxylic acids is 1. The van der Waals surface area contributed by atoms with Crippen molar-refractivity contribution in [2.45, 2.75) is 51.2 Å². The van der Waals surface area contributed by atoms with Crippen molar-refractivity contribution in [2.75, 3.05) is 5.32 Å². The number of hydrogen-bond donors (Lipinski definition) is 2. The first-order valence-corrected chi connectivity index (χ1v) is 9.51. The molecule has 0 saturated carbocycles. The Morgan fingerprint density at radius 3 is 2.16 bits per heavy atom. The average molecular weight is 364 g/mol. The minimum atomic E-state index is -3.82. The molecule has 6 nitrogen and oxygen atoms in total. The molecule has 1 aromatic heterocycles. The van der Waals surface area contributed by atoms with Gasteiger partial charge in [0.2, 0.25) is 5.09 Å². The Morgan fingerprint density at radius 2 is 1.64 bits per heavy atom. The number of benzene rings is 1. The Balaban J connectivity index is 2.12. The highest BCUT2D eigenvalue weighted by atomic mass is 32.2. The predicted molar refractivity (Wildman–Crippen MR) is 97.3 cm³/mol. The maximum atomic E-state index is 12.2. The van der Waals surface area contributed by atoms with Gasteiger partial charge in [0.25, 0.3) is 15.9 Å². The highest BCUT2D eigenvalue weighted by Crippen LogP contribution is 2.20. The Bertz CT molecular complexity index is 844. The van der Waals surface area contributed by atoms with Gasteiger partial charge < -0.3 is 9.73 Å². The van der Waals surface area contributed by atoms with Crippen LogP contribution in [0.25, 0.3) is 0 Å². The summed E-state index contributed by atoms with van der Waals surface area (Å²) in [6, 6.07) is 10.1. The van der Waals surface area contributed by atoms with E-state index in [1.807, 2.05) is 12.1 Å². The zero-order chi connectivity index (χ0) is 18.8. The van der Waals surface area contributed by atoms with Gasteiger partial charge in [0, 0.05) is 11.2 Å². The Labute approximate surface area is 148 Å². The largest absolute Gasteiger partial charge is 0.438 e. The van der Waals surface area contributed by atoms with Crippen LogP contribution in [0.1, 0.15) is 56.7 Å². The summed E-state index contributed by atoms with van der Waals surface area (Å²) < 4.78 is 32.1. The molecule has 0 spiro atoms. The van der Waals surface area contributed by atoms with Crippen molar-refractivity contribution in [3.05, 3.63) is 47.7 Å². The molecule has 0 fully saturated rings. The van der Waals surface area contributed by atoms with Crippen LogP contribution in [0.15, 0.2) is 45.9 Å². The third kappa shape index (κ3) is 5.17. The quantitative estimate of drug-likeness (QED) is 0.846. The zero-order valence-corrected chi connectivity index (χ0v) is 15.9. The van der Waals surface area contributed by atoms with Gasteiger partial charge in [-0.3, -0.25) is 4.79 Å². The molecule has 0 bridgehead atoms. The van der Waals surface area contributed by atoms with E-state index >= 15 is 0 Å². The molecule has 0 aliphatic rings. The van der Waals surface area contributed by atoms with Gasteiger partial charge in [-0.05, 0) is 56.5 Å². The number of nitrogens with one attached hydrogen (secondary N) is 2. The molecule has 2 aromatic rings. The number of rotatable bonds is 5. The second-order valence-electron chi connectivity index (χ2n) is 7.21. The van der Waals surface area contributed by atoms with Crippen LogP contribution in [0.3, 0.4) is 0 Å². The van der Waals surface area contributed by atoms with E-state index in [4.69, 9.17) is 4.42 Å². The standard InChI is InChI=1S/C18H24N2O4S/c1-12(2)13-6-8-14(9-7-13)19-17(21)15-10-11-16(24-15)25(22,23)20-18(3,4)5/h6-12,20H,1-5H3,(H,19,21). The molecular formula is C18H24N2O4S. The van der Waals surface area contributed by atoms with Gasteiger partial charge in [-0.2, -0.15) is 0 Å². The second-order valence-corrected chi connectivity index (χ2v) is 8.82. The fourth-order valence-electron chi connectivity index (χ4n) is 2.18. The average Bonchev–Trinajstić information content (AvgIpc) is 2.96. The van der Waals surface area contributed by atoms with E-state index in [1.165, 1.54) is 12.1 Å². The number of furan rings is 1. The lowest BCUT2D eigenvalue weighted by molar-refractivity contribution is 0.0991. The SMILES string of the molecule is CC(C)c1ccc(NC(=O)c2ccc(S(=O)(=O)NC(C)(C)C)o2)cc1. The van der Waals surface area contributed by atoms with Crippen molar-refractivity contribution in [1.29, 1.82) is 0 Å². The topological polar surface area (TPSA) is 88.4 Å². The number of amides is 1. The molecule has 0 saturated heterocycles. The van der Waals surface area contributed by atoms with Crippen molar-refractivity contribution in [3.8, 4) is 0 Å². The first-order valence-electron chi connectivity index (χ1n) is 8.03. The summed E-state index contributed by atoms with van der Waals surface area (Å²) in [5.41, 5.74) is 1.13. The first-order chi connectivity index (χ1) is 11.5. The summed E-state index contributed by atoms with van der Waals surface area (Å²) in [4.78, 5) is 12.2. The number of anilines is 1. The molecule has 1 heterocycles. The van der Waals surface area contributed by atoms with Gasteiger partial charge >= 0.3 is 0 Å². The number of carbonyl (C=O) groups is 1. The van der Waals surface area contributed by atoms with Crippen LogP contribution in [-0.4, -0.2) is 19.9 Å². The second kappa shape index (κ2) is 7.01. The Hall–Kier alpha value is -2.12. The van der Waals surface area contributed by atoms with Crippen LogP contribution >= 0.6 is 0 Å². The van der Waals surface area contributed by atoms with E-state index in [9.17, 15) is 13.2 Å². The molecule has 1 amide bonds. The maximum Gasteiger partial charge on any atom is 0.291 e. The minimum Gasteiger partial charge on any atom is -0.438 e. The van der Waals surface area contributed by atoms with E-state index < -0.39 is 21.5 Å². The molecular weight excluding hydrogens is 340 g/mol. The molecule has 25 heavy (non-hydrogen) atoms. The summed E-state index contributed by atoms with van der Waals surface area (Å²) in [5.74, 6) is -0.172. The zero-order valence-electron chi connectivity index (χ0n) is 15.1.